The summed E-state index contributed by atoms with van der Waals surface area (Å²) < 4.78 is 0. The molecule has 0 unspecified atom stereocenters. The lowest BCUT2D eigenvalue weighted by Crippen LogP contribution is -2.21. The first-order valence-corrected chi connectivity index (χ1v) is 8.69. The van der Waals surface area contributed by atoms with Gasteiger partial charge in [0.15, 0.2) is 0 Å². The summed E-state index contributed by atoms with van der Waals surface area (Å²) in [6.45, 7) is 8.96. The molecule has 1 aromatic rings. The highest BCUT2D eigenvalue weighted by Gasteiger charge is 2.25. The second-order valence-electron chi connectivity index (χ2n) is 7.00. The largest absolute Gasteiger partial charge is 0.303 e. The van der Waals surface area contributed by atoms with Crippen molar-refractivity contribution in [3.05, 3.63) is 48.0 Å². The summed E-state index contributed by atoms with van der Waals surface area (Å²) >= 11 is 0. The van der Waals surface area contributed by atoms with Crippen LogP contribution in [0.1, 0.15) is 71.8 Å². The molecule has 22 heavy (non-hydrogen) atoms. The summed E-state index contributed by atoms with van der Waals surface area (Å²) in [4.78, 5) is 11.1. The number of unbranched alkanes of at least 4 members (excludes halogenated alkanes) is 1. The Morgan fingerprint density at radius 1 is 0.955 bits per heavy atom. The summed E-state index contributed by atoms with van der Waals surface area (Å²) in [5.74, 6) is 0. The van der Waals surface area contributed by atoms with E-state index in [2.05, 4.69) is 70.2 Å². The zero-order valence-corrected chi connectivity index (χ0v) is 14.8. The topological polar surface area (TPSA) is 17.1 Å². The number of rotatable bonds is 10. The zero-order valence-electron chi connectivity index (χ0n) is 14.8. The van der Waals surface area contributed by atoms with Crippen LogP contribution in [0.25, 0.3) is 0 Å². The smallest absolute Gasteiger partial charge is 0.120 e. The van der Waals surface area contributed by atoms with E-state index in [9.17, 15) is 4.79 Å². The van der Waals surface area contributed by atoms with Crippen LogP contribution in [0.3, 0.4) is 0 Å². The number of hydrogen-bond donors (Lipinski definition) is 0. The van der Waals surface area contributed by atoms with Gasteiger partial charge in [0, 0.05) is 11.8 Å². The Morgan fingerprint density at radius 3 is 2.18 bits per heavy atom. The molecule has 0 saturated heterocycles. The molecule has 0 heterocycles. The molecule has 1 aromatic carbocycles. The van der Waals surface area contributed by atoms with Crippen LogP contribution in [0.4, 0.5) is 0 Å². The summed E-state index contributed by atoms with van der Waals surface area (Å²) in [5, 5.41) is 0. The van der Waals surface area contributed by atoms with Crippen molar-refractivity contribution in [2.45, 2.75) is 71.6 Å². The normalized spacial score (nSPS) is 17.1. The van der Waals surface area contributed by atoms with Crippen LogP contribution in [0.2, 0.25) is 0 Å². The van der Waals surface area contributed by atoms with Crippen molar-refractivity contribution in [2.75, 3.05) is 0 Å². The van der Waals surface area contributed by atoms with Gasteiger partial charge in [-0.3, -0.25) is 0 Å². The van der Waals surface area contributed by atoms with Crippen LogP contribution < -0.4 is 0 Å². The minimum Gasteiger partial charge on any atom is -0.303 e. The Labute approximate surface area is 136 Å². The van der Waals surface area contributed by atoms with Gasteiger partial charge in [-0.1, -0.05) is 89.4 Å². The third kappa shape index (κ3) is 5.44. The Kier molecular flexibility index (Phi) is 7.58. The lowest BCUT2D eigenvalue weighted by Gasteiger charge is -2.30. The fraction of sp³-hybridized carbons (Fsp3) is 0.571. The van der Waals surface area contributed by atoms with E-state index in [0.717, 1.165) is 25.5 Å². The molecular formula is C21H32O. The van der Waals surface area contributed by atoms with Gasteiger partial charge in [-0.25, -0.2) is 0 Å². The summed E-state index contributed by atoms with van der Waals surface area (Å²) in [5.41, 5.74) is 1.39. The standard InChI is InChI=1S/C21H32O/c1-5-7-14-20(3,17-18-22)15-16-21(4,13-6-2)19-11-9-8-10-12-19/h8-12,15-16,18H,5-7,13-14,17H2,1-4H3/b16-15+/t20-,21+/m0/s1. The van der Waals surface area contributed by atoms with Crippen molar-refractivity contribution >= 4 is 6.29 Å². The third-order valence-corrected chi connectivity index (χ3v) is 4.71. The van der Waals surface area contributed by atoms with Gasteiger partial charge in [0.2, 0.25) is 0 Å². The predicted molar refractivity (Wildman–Crippen MR) is 96.2 cm³/mol. The predicted octanol–water partition coefficient (Wildman–Crippen LogP) is 6.09. The van der Waals surface area contributed by atoms with Gasteiger partial charge in [0.25, 0.3) is 0 Å². The maximum Gasteiger partial charge on any atom is 0.120 e. The van der Waals surface area contributed by atoms with Crippen molar-refractivity contribution in [1.82, 2.24) is 0 Å². The second kappa shape index (κ2) is 8.92. The van der Waals surface area contributed by atoms with E-state index in [1.165, 1.54) is 18.4 Å². The monoisotopic (exact) mass is 300 g/mol. The van der Waals surface area contributed by atoms with E-state index in [-0.39, 0.29) is 10.8 Å². The number of allylic oxidation sites excluding steroid dienone is 2. The van der Waals surface area contributed by atoms with Crippen molar-refractivity contribution in [1.29, 1.82) is 0 Å². The minimum atomic E-state index is -0.0124. The van der Waals surface area contributed by atoms with Crippen LogP contribution in [0.15, 0.2) is 42.5 Å². The van der Waals surface area contributed by atoms with Gasteiger partial charge in [-0.05, 0) is 23.8 Å². The molecule has 0 aliphatic rings. The molecule has 0 N–H and O–H groups in total. The molecule has 0 bridgehead atoms. The molecule has 1 rings (SSSR count). The number of carbonyl (C=O) groups is 1. The average Bonchev–Trinajstić information content (AvgIpc) is 2.53. The molecule has 0 aliphatic heterocycles. The molecule has 1 nitrogen and oxygen atoms in total. The first-order valence-electron chi connectivity index (χ1n) is 8.69. The summed E-state index contributed by atoms with van der Waals surface area (Å²) in [6, 6.07) is 10.7. The van der Waals surface area contributed by atoms with Gasteiger partial charge < -0.3 is 4.79 Å². The molecule has 2 atom stereocenters. The third-order valence-electron chi connectivity index (χ3n) is 4.71. The van der Waals surface area contributed by atoms with Gasteiger partial charge in [0.1, 0.15) is 6.29 Å². The first-order chi connectivity index (χ1) is 10.5. The van der Waals surface area contributed by atoms with Crippen LogP contribution in [0.5, 0.6) is 0 Å². The molecule has 1 heteroatoms. The van der Waals surface area contributed by atoms with Gasteiger partial charge in [0.05, 0.1) is 0 Å². The van der Waals surface area contributed by atoms with Crippen LogP contribution in [-0.2, 0) is 10.2 Å². The Hall–Kier alpha value is -1.37. The molecule has 0 aliphatic carbocycles. The first kappa shape index (κ1) is 18.7. The Morgan fingerprint density at radius 2 is 1.64 bits per heavy atom. The number of benzene rings is 1. The molecule has 0 radical (unpaired) electrons. The van der Waals surface area contributed by atoms with Crippen LogP contribution in [0, 0.1) is 5.41 Å². The summed E-state index contributed by atoms with van der Waals surface area (Å²) in [7, 11) is 0. The molecule has 0 spiro atoms. The Balaban J connectivity index is 3.03. The number of carbonyl (C=O) groups excluding carboxylic acids is 1. The zero-order chi connectivity index (χ0) is 16.5. The van der Waals surface area contributed by atoms with Gasteiger partial charge in [-0.15, -0.1) is 0 Å². The highest BCUT2D eigenvalue weighted by Crippen LogP contribution is 2.35. The SMILES string of the molecule is CCCC[C@@](C)(/C=C/[C@@](C)(CCC)c1ccccc1)CC=O. The minimum absolute atomic E-state index is 0.0124. The fourth-order valence-electron chi connectivity index (χ4n) is 3.07. The lowest BCUT2D eigenvalue weighted by atomic mass is 9.74. The molecule has 122 valence electrons. The highest BCUT2D eigenvalue weighted by atomic mass is 16.1. The molecular weight excluding hydrogens is 268 g/mol. The fourth-order valence-corrected chi connectivity index (χ4v) is 3.07. The number of aldehydes is 1. The Bertz CT molecular complexity index is 462. The van der Waals surface area contributed by atoms with Crippen molar-refractivity contribution in [2.24, 2.45) is 5.41 Å². The van der Waals surface area contributed by atoms with E-state index in [4.69, 9.17) is 0 Å². The maximum atomic E-state index is 11.1. The summed E-state index contributed by atoms with van der Waals surface area (Å²) in [6.07, 6.45) is 12.0. The van der Waals surface area contributed by atoms with E-state index in [1.54, 1.807) is 0 Å². The van der Waals surface area contributed by atoms with E-state index in [1.807, 2.05) is 0 Å². The van der Waals surface area contributed by atoms with E-state index < -0.39 is 0 Å². The maximum absolute atomic E-state index is 11.1. The van der Waals surface area contributed by atoms with E-state index in [0.29, 0.717) is 6.42 Å². The van der Waals surface area contributed by atoms with Crippen molar-refractivity contribution < 1.29 is 4.79 Å². The number of hydrogen-bond acceptors (Lipinski definition) is 1. The lowest BCUT2D eigenvalue weighted by molar-refractivity contribution is -0.109. The molecule has 0 saturated carbocycles. The molecule has 0 fully saturated rings. The van der Waals surface area contributed by atoms with Gasteiger partial charge >= 0.3 is 0 Å². The van der Waals surface area contributed by atoms with Crippen LogP contribution >= 0.6 is 0 Å². The van der Waals surface area contributed by atoms with E-state index >= 15 is 0 Å². The second-order valence-corrected chi connectivity index (χ2v) is 7.00. The average molecular weight is 300 g/mol. The van der Waals surface area contributed by atoms with Crippen LogP contribution in [-0.4, -0.2) is 6.29 Å². The van der Waals surface area contributed by atoms with Crippen molar-refractivity contribution in [3.8, 4) is 0 Å². The molecule has 0 amide bonds. The van der Waals surface area contributed by atoms with Gasteiger partial charge in [-0.2, -0.15) is 0 Å². The quantitative estimate of drug-likeness (QED) is 0.377. The molecule has 0 aromatic heterocycles. The highest BCUT2D eigenvalue weighted by molar-refractivity contribution is 5.51. The van der Waals surface area contributed by atoms with Crippen molar-refractivity contribution in [3.63, 3.8) is 0 Å².